The predicted molar refractivity (Wildman–Crippen MR) is 69.9 cm³/mol. The molecule has 98 valence electrons. The van der Waals surface area contributed by atoms with Crippen molar-refractivity contribution in [2.24, 2.45) is 11.7 Å². The fraction of sp³-hybridized carbons (Fsp3) is 0.333. The first-order valence-corrected chi connectivity index (χ1v) is 5.80. The van der Waals surface area contributed by atoms with Gasteiger partial charge in [-0.25, -0.2) is 4.79 Å². The summed E-state index contributed by atoms with van der Waals surface area (Å²) in [6.07, 6.45) is 0. The molecule has 0 radical (unpaired) electrons. The van der Waals surface area contributed by atoms with E-state index in [1.54, 1.807) is 0 Å². The summed E-state index contributed by atoms with van der Waals surface area (Å²) in [7, 11) is 0. The van der Waals surface area contributed by atoms with Crippen molar-refractivity contribution >= 4 is 29.2 Å². The summed E-state index contributed by atoms with van der Waals surface area (Å²) >= 11 is 5.79. The zero-order valence-electron chi connectivity index (χ0n) is 10.1. The highest BCUT2D eigenvalue weighted by molar-refractivity contribution is 6.33. The normalized spacial score (nSPS) is 12.3. The van der Waals surface area contributed by atoms with E-state index in [9.17, 15) is 9.59 Å². The average molecular weight is 271 g/mol. The Hall–Kier alpha value is -1.59. The maximum Gasteiger partial charge on any atom is 0.337 e. The van der Waals surface area contributed by atoms with Crippen molar-refractivity contribution in [3.63, 3.8) is 0 Å². The van der Waals surface area contributed by atoms with Crippen LogP contribution in [0, 0.1) is 5.92 Å². The van der Waals surface area contributed by atoms with Crippen LogP contribution in [0.3, 0.4) is 0 Å². The van der Waals surface area contributed by atoms with Crippen molar-refractivity contribution in [3.05, 3.63) is 28.8 Å². The second-order valence-corrected chi connectivity index (χ2v) is 4.67. The summed E-state index contributed by atoms with van der Waals surface area (Å²) in [5.41, 5.74) is 6.10. The van der Waals surface area contributed by atoms with Gasteiger partial charge in [0.25, 0.3) is 0 Å². The molecule has 1 atom stereocenters. The van der Waals surface area contributed by atoms with Crippen molar-refractivity contribution in [1.82, 2.24) is 0 Å². The lowest BCUT2D eigenvalue weighted by atomic mass is 10.0. The van der Waals surface area contributed by atoms with E-state index < -0.39 is 12.0 Å². The van der Waals surface area contributed by atoms with Crippen LogP contribution in [0.25, 0.3) is 0 Å². The van der Waals surface area contributed by atoms with Crippen LogP contribution < -0.4 is 11.1 Å². The number of amides is 1. The van der Waals surface area contributed by atoms with Gasteiger partial charge in [0.05, 0.1) is 16.6 Å². The van der Waals surface area contributed by atoms with Crippen LogP contribution in [-0.4, -0.2) is 23.0 Å². The average Bonchev–Trinajstić information content (AvgIpc) is 2.27. The lowest BCUT2D eigenvalue weighted by Crippen LogP contribution is -2.39. The van der Waals surface area contributed by atoms with Gasteiger partial charge in [-0.1, -0.05) is 25.4 Å². The van der Waals surface area contributed by atoms with Gasteiger partial charge in [0.2, 0.25) is 5.91 Å². The summed E-state index contributed by atoms with van der Waals surface area (Å²) in [4.78, 5) is 22.4. The SMILES string of the molecule is CC(C)C(N)C(=O)Nc1ccc(C(=O)O)c(Cl)c1. The largest absolute Gasteiger partial charge is 0.478 e. The van der Waals surface area contributed by atoms with Crippen LogP contribution in [0.4, 0.5) is 5.69 Å². The molecule has 0 aliphatic heterocycles. The van der Waals surface area contributed by atoms with Crippen LogP contribution in [0.5, 0.6) is 0 Å². The number of carboxylic acids is 1. The Labute approximate surface area is 110 Å². The van der Waals surface area contributed by atoms with E-state index in [0.29, 0.717) is 5.69 Å². The quantitative estimate of drug-likeness (QED) is 0.780. The molecule has 0 aromatic heterocycles. The Balaban J connectivity index is 2.84. The summed E-state index contributed by atoms with van der Waals surface area (Å²) in [6.45, 7) is 3.68. The number of halogens is 1. The molecule has 4 N–H and O–H groups in total. The second kappa shape index (κ2) is 5.84. The minimum Gasteiger partial charge on any atom is -0.478 e. The van der Waals surface area contributed by atoms with Crippen molar-refractivity contribution in [2.75, 3.05) is 5.32 Å². The van der Waals surface area contributed by atoms with Gasteiger partial charge in [0.15, 0.2) is 0 Å². The van der Waals surface area contributed by atoms with Crippen LogP contribution in [0.1, 0.15) is 24.2 Å². The van der Waals surface area contributed by atoms with Crippen molar-refractivity contribution in [1.29, 1.82) is 0 Å². The molecule has 5 nitrogen and oxygen atoms in total. The lowest BCUT2D eigenvalue weighted by molar-refractivity contribution is -0.118. The topological polar surface area (TPSA) is 92.4 Å². The highest BCUT2D eigenvalue weighted by Crippen LogP contribution is 2.21. The van der Waals surface area contributed by atoms with Gasteiger partial charge in [-0.05, 0) is 24.1 Å². The zero-order chi connectivity index (χ0) is 13.9. The molecule has 0 fully saturated rings. The van der Waals surface area contributed by atoms with Gasteiger partial charge in [-0.2, -0.15) is 0 Å². The number of carbonyl (C=O) groups excluding carboxylic acids is 1. The molecular weight excluding hydrogens is 256 g/mol. The van der Waals surface area contributed by atoms with Crippen LogP contribution in [-0.2, 0) is 4.79 Å². The van der Waals surface area contributed by atoms with Gasteiger partial charge in [0, 0.05) is 5.69 Å². The summed E-state index contributed by atoms with van der Waals surface area (Å²) < 4.78 is 0. The van der Waals surface area contributed by atoms with E-state index in [1.165, 1.54) is 18.2 Å². The Kier molecular flexibility index (Phi) is 4.69. The smallest absolute Gasteiger partial charge is 0.337 e. The first-order valence-electron chi connectivity index (χ1n) is 5.42. The number of hydrogen-bond donors (Lipinski definition) is 3. The van der Waals surface area contributed by atoms with E-state index in [4.69, 9.17) is 22.4 Å². The number of nitrogens with one attached hydrogen (secondary N) is 1. The fourth-order valence-electron chi connectivity index (χ4n) is 1.29. The summed E-state index contributed by atoms with van der Waals surface area (Å²) in [5.74, 6) is -1.43. The maximum atomic E-state index is 11.7. The van der Waals surface area contributed by atoms with Crippen molar-refractivity contribution in [3.8, 4) is 0 Å². The number of anilines is 1. The first-order chi connectivity index (χ1) is 8.32. The zero-order valence-corrected chi connectivity index (χ0v) is 10.9. The number of carbonyl (C=O) groups is 2. The van der Waals surface area contributed by atoms with E-state index in [2.05, 4.69) is 5.32 Å². The molecule has 1 unspecified atom stereocenters. The van der Waals surface area contributed by atoms with Crippen LogP contribution in [0.2, 0.25) is 5.02 Å². The molecule has 1 amide bonds. The van der Waals surface area contributed by atoms with Gasteiger partial charge in [0.1, 0.15) is 0 Å². The number of rotatable bonds is 4. The lowest BCUT2D eigenvalue weighted by Gasteiger charge is -2.15. The minimum atomic E-state index is -1.11. The summed E-state index contributed by atoms with van der Waals surface area (Å²) in [6, 6.07) is 3.57. The van der Waals surface area contributed by atoms with Gasteiger partial charge in [-0.3, -0.25) is 4.79 Å². The third-order valence-corrected chi connectivity index (χ3v) is 2.80. The molecular formula is C12H15ClN2O3. The fourth-order valence-corrected chi connectivity index (χ4v) is 1.56. The first kappa shape index (κ1) is 14.5. The number of aromatic carboxylic acids is 1. The standard InChI is InChI=1S/C12H15ClN2O3/c1-6(2)10(14)11(16)15-7-3-4-8(12(17)18)9(13)5-7/h3-6,10H,14H2,1-2H3,(H,15,16)(H,17,18). The molecule has 1 aromatic rings. The van der Waals surface area contributed by atoms with Crippen molar-refractivity contribution < 1.29 is 14.7 Å². The molecule has 0 spiro atoms. The third kappa shape index (κ3) is 3.45. The molecule has 0 aliphatic rings. The van der Waals surface area contributed by atoms with Crippen LogP contribution in [0.15, 0.2) is 18.2 Å². The highest BCUT2D eigenvalue weighted by Gasteiger charge is 2.18. The number of benzene rings is 1. The molecule has 0 saturated carbocycles. The Bertz CT molecular complexity index is 474. The van der Waals surface area contributed by atoms with Crippen LogP contribution >= 0.6 is 11.6 Å². The van der Waals surface area contributed by atoms with Crippen molar-refractivity contribution in [2.45, 2.75) is 19.9 Å². The highest BCUT2D eigenvalue weighted by atomic mass is 35.5. The van der Waals surface area contributed by atoms with E-state index >= 15 is 0 Å². The molecule has 0 saturated heterocycles. The Morgan fingerprint density at radius 1 is 1.39 bits per heavy atom. The summed E-state index contributed by atoms with van der Waals surface area (Å²) in [5, 5.41) is 11.5. The monoisotopic (exact) mass is 270 g/mol. The molecule has 18 heavy (non-hydrogen) atoms. The van der Waals surface area contributed by atoms with E-state index in [-0.39, 0.29) is 22.4 Å². The van der Waals surface area contributed by atoms with Gasteiger partial charge in [-0.15, -0.1) is 0 Å². The predicted octanol–water partition coefficient (Wildman–Crippen LogP) is 1.96. The number of carboxylic acid groups (broad SMARTS) is 1. The minimum absolute atomic E-state index is 0.0113. The molecule has 0 bridgehead atoms. The third-order valence-electron chi connectivity index (χ3n) is 2.49. The Morgan fingerprint density at radius 3 is 2.44 bits per heavy atom. The molecule has 6 heteroatoms. The van der Waals surface area contributed by atoms with E-state index in [0.717, 1.165) is 0 Å². The maximum absolute atomic E-state index is 11.7. The van der Waals surface area contributed by atoms with Gasteiger partial charge >= 0.3 is 5.97 Å². The van der Waals surface area contributed by atoms with E-state index in [1.807, 2.05) is 13.8 Å². The number of nitrogens with two attached hydrogens (primary N) is 1. The number of hydrogen-bond acceptors (Lipinski definition) is 3. The molecule has 1 rings (SSSR count). The Morgan fingerprint density at radius 2 is 2.00 bits per heavy atom. The second-order valence-electron chi connectivity index (χ2n) is 4.26. The molecule has 0 aliphatic carbocycles. The molecule has 1 aromatic carbocycles. The van der Waals surface area contributed by atoms with Gasteiger partial charge < -0.3 is 16.2 Å². The molecule has 0 heterocycles.